The molecular weight excluding hydrogens is 371 g/mol. The molecule has 8 heteroatoms. The SMILES string of the molecule is O=C(O)CCC1CCC(Nc2cc(Nc3ccc(F)c(Cl)c3)ncn2)CC1. The van der Waals surface area contributed by atoms with Gasteiger partial charge in [-0.1, -0.05) is 11.6 Å². The third-order valence-electron chi connectivity index (χ3n) is 4.82. The van der Waals surface area contributed by atoms with Crippen LogP contribution >= 0.6 is 11.6 Å². The van der Waals surface area contributed by atoms with E-state index in [-0.39, 0.29) is 11.4 Å². The smallest absolute Gasteiger partial charge is 0.303 e. The number of hydrogen-bond acceptors (Lipinski definition) is 5. The van der Waals surface area contributed by atoms with Gasteiger partial charge in [0.05, 0.1) is 5.02 Å². The summed E-state index contributed by atoms with van der Waals surface area (Å²) in [5.41, 5.74) is 0.644. The van der Waals surface area contributed by atoms with Crippen LogP contribution in [0.5, 0.6) is 0 Å². The Balaban J connectivity index is 1.53. The van der Waals surface area contributed by atoms with E-state index in [9.17, 15) is 9.18 Å². The van der Waals surface area contributed by atoms with Gasteiger partial charge in [-0.25, -0.2) is 14.4 Å². The maximum Gasteiger partial charge on any atom is 0.303 e. The van der Waals surface area contributed by atoms with Crippen molar-refractivity contribution in [1.29, 1.82) is 0 Å². The number of aromatic nitrogens is 2. The summed E-state index contributed by atoms with van der Waals surface area (Å²) in [4.78, 5) is 19.1. The van der Waals surface area contributed by atoms with E-state index in [1.165, 1.54) is 18.5 Å². The van der Waals surface area contributed by atoms with E-state index in [0.717, 1.165) is 37.9 Å². The number of halogens is 2. The van der Waals surface area contributed by atoms with Crippen LogP contribution in [0.25, 0.3) is 0 Å². The van der Waals surface area contributed by atoms with E-state index in [4.69, 9.17) is 16.7 Å². The average molecular weight is 393 g/mol. The Bertz CT molecular complexity index is 797. The Kier molecular flexibility index (Phi) is 6.45. The van der Waals surface area contributed by atoms with Gasteiger partial charge in [0.2, 0.25) is 0 Å². The van der Waals surface area contributed by atoms with E-state index in [1.807, 2.05) is 0 Å². The molecule has 0 amide bonds. The van der Waals surface area contributed by atoms with Crippen LogP contribution in [-0.2, 0) is 4.79 Å². The molecule has 1 aromatic heterocycles. The van der Waals surface area contributed by atoms with Gasteiger partial charge in [0, 0.05) is 24.2 Å². The molecule has 3 rings (SSSR count). The monoisotopic (exact) mass is 392 g/mol. The Morgan fingerprint density at radius 2 is 1.93 bits per heavy atom. The highest BCUT2D eigenvalue weighted by Gasteiger charge is 2.22. The van der Waals surface area contributed by atoms with Crippen molar-refractivity contribution >= 4 is 34.9 Å². The molecular formula is C19H22ClFN4O2. The number of carbonyl (C=O) groups is 1. The van der Waals surface area contributed by atoms with Crippen LogP contribution in [0.15, 0.2) is 30.6 Å². The number of carboxylic acid groups (broad SMARTS) is 1. The third kappa shape index (κ3) is 5.79. The first-order valence-electron chi connectivity index (χ1n) is 9.02. The quantitative estimate of drug-likeness (QED) is 0.624. The number of hydrogen-bond donors (Lipinski definition) is 3. The lowest BCUT2D eigenvalue weighted by atomic mass is 9.83. The number of carboxylic acids is 1. The van der Waals surface area contributed by atoms with Crippen molar-refractivity contribution in [1.82, 2.24) is 9.97 Å². The van der Waals surface area contributed by atoms with Crippen LogP contribution in [0.1, 0.15) is 38.5 Å². The fourth-order valence-electron chi connectivity index (χ4n) is 3.36. The molecule has 2 aromatic rings. The van der Waals surface area contributed by atoms with Gasteiger partial charge < -0.3 is 15.7 Å². The van der Waals surface area contributed by atoms with Crippen LogP contribution < -0.4 is 10.6 Å². The summed E-state index contributed by atoms with van der Waals surface area (Å²) < 4.78 is 13.3. The second-order valence-corrected chi connectivity index (χ2v) is 7.24. The van der Waals surface area contributed by atoms with E-state index < -0.39 is 11.8 Å². The Morgan fingerprint density at radius 1 is 1.19 bits per heavy atom. The van der Waals surface area contributed by atoms with Gasteiger partial charge in [-0.2, -0.15) is 0 Å². The first-order valence-corrected chi connectivity index (χ1v) is 9.40. The minimum absolute atomic E-state index is 0.0482. The molecule has 0 bridgehead atoms. The number of aliphatic carboxylic acids is 1. The molecule has 1 heterocycles. The van der Waals surface area contributed by atoms with E-state index >= 15 is 0 Å². The number of benzene rings is 1. The van der Waals surface area contributed by atoms with E-state index in [2.05, 4.69) is 20.6 Å². The summed E-state index contributed by atoms with van der Waals surface area (Å²) in [6.45, 7) is 0. The van der Waals surface area contributed by atoms with Crippen LogP contribution in [0.2, 0.25) is 5.02 Å². The molecule has 6 nitrogen and oxygen atoms in total. The first kappa shape index (κ1) is 19.4. The lowest BCUT2D eigenvalue weighted by molar-refractivity contribution is -0.137. The van der Waals surface area contributed by atoms with Gasteiger partial charge >= 0.3 is 5.97 Å². The second kappa shape index (κ2) is 8.99. The van der Waals surface area contributed by atoms with E-state index in [1.54, 1.807) is 12.1 Å². The summed E-state index contributed by atoms with van der Waals surface area (Å²) in [5, 5.41) is 15.3. The average Bonchev–Trinajstić information content (AvgIpc) is 2.64. The van der Waals surface area contributed by atoms with Gasteiger partial charge in [-0.05, 0) is 56.2 Å². The maximum atomic E-state index is 13.3. The Morgan fingerprint density at radius 3 is 2.63 bits per heavy atom. The molecule has 27 heavy (non-hydrogen) atoms. The second-order valence-electron chi connectivity index (χ2n) is 6.84. The summed E-state index contributed by atoms with van der Waals surface area (Å²) in [5.74, 6) is 0.606. The van der Waals surface area contributed by atoms with Crippen molar-refractivity contribution in [3.63, 3.8) is 0 Å². The summed E-state index contributed by atoms with van der Waals surface area (Å²) in [6, 6.07) is 6.51. The van der Waals surface area contributed by atoms with Gasteiger partial charge in [0.15, 0.2) is 0 Å². The Labute approximate surface area is 162 Å². The van der Waals surface area contributed by atoms with Gasteiger partial charge in [0.25, 0.3) is 0 Å². The highest BCUT2D eigenvalue weighted by molar-refractivity contribution is 6.31. The topological polar surface area (TPSA) is 87.1 Å². The minimum Gasteiger partial charge on any atom is -0.481 e. The maximum absolute atomic E-state index is 13.3. The standard InChI is InChI=1S/C19H22ClFN4O2/c20-15-9-14(6-7-16(15)21)25-18-10-17(22-11-23-18)24-13-4-1-12(2-5-13)3-8-19(26)27/h6-7,9-13H,1-5,8H2,(H,26,27)(H2,22,23,24,25). The third-order valence-corrected chi connectivity index (χ3v) is 5.11. The predicted octanol–water partition coefficient (Wildman–Crippen LogP) is 4.85. The van der Waals surface area contributed by atoms with Crippen LogP contribution in [0, 0.1) is 11.7 Å². The number of nitrogens with one attached hydrogen (secondary N) is 2. The fourth-order valence-corrected chi connectivity index (χ4v) is 3.54. The highest BCUT2D eigenvalue weighted by atomic mass is 35.5. The van der Waals surface area contributed by atoms with Gasteiger partial charge in [0.1, 0.15) is 23.8 Å². The Hall–Kier alpha value is -2.41. The molecule has 0 radical (unpaired) electrons. The molecule has 1 saturated carbocycles. The zero-order valence-corrected chi connectivity index (χ0v) is 15.5. The minimum atomic E-state index is -0.723. The number of rotatable bonds is 7. The summed E-state index contributed by atoms with van der Waals surface area (Å²) >= 11 is 5.80. The van der Waals surface area contributed by atoms with Crippen molar-refractivity contribution in [2.45, 2.75) is 44.6 Å². The van der Waals surface area contributed by atoms with Crippen LogP contribution in [0.3, 0.4) is 0 Å². The van der Waals surface area contributed by atoms with Crippen molar-refractivity contribution in [3.8, 4) is 0 Å². The molecule has 0 atom stereocenters. The highest BCUT2D eigenvalue weighted by Crippen LogP contribution is 2.30. The molecule has 0 spiro atoms. The molecule has 0 saturated heterocycles. The molecule has 1 aromatic carbocycles. The van der Waals surface area contributed by atoms with Crippen LogP contribution in [-0.4, -0.2) is 27.1 Å². The van der Waals surface area contributed by atoms with Crippen LogP contribution in [0.4, 0.5) is 21.7 Å². The molecule has 0 unspecified atom stereocenters. The van der Waals surface area contributed by atoms with Crippen molar-refractivity contribution in [3.05, 3.63) is 41.4 Å². The molecule has 1 aliphatic carbocycles. The zero-order valence-electron chi connectivity index (χ0n) is 14.8. The van der Waals surface area contributed by atoms with Crippen molar-refractivity contribution in [2.75, 3.05) is 10.6 Å². The lowest BCUT2D eigenvalue weighted by Gasteiger charge is -2.29. The molecule has 0 aliphatic heterocycles. The van der Waals surface area contributed by atoms with Gasteiger partial charge in [-0.3, -0.25) is 4.79 Å². The molecule has 1 fully saturated rings. The molecule has 3 N–H and O–H groups in total. The summed E-state index contributed by atoms with van der Waals surface area (Å²) in [6.07, 6.45) is 6.49. The lowest BCUT2D eigenvalue weighted by Crippen LogP contribution is -2.26. The zero-order chi connectivity index (χ0) is 19.2. The fraction of sp³-hybridized carbons (Fsp3) is 0.421. The van der Waals surface area contributed by atoms with Crippen molar-refractivity contribution < 1.29 is 14.3 Å². The number of nitrogens with zero attached hydrogens (tertiary/aromatic N) is 2. The molecule has 1 aliphatic rings. The summed E-state index contributed by atoms with van der Waals surface area (Å²) in [7, 11) is 0. The van der Waals surface area contributed by atoms with Crippen molar-refractivity contribution in [2.24, 2.45) is 5.92 Å². The number of anilines is 3. The van der Waals surface area contributed by atoms with E-state index in [0.29, 0.717) is 23.5 Å². The molecule has 144 valence electrons. The van der Waals surface area contributed by atoms with Gasteiger partial charge in [-0.15, -0.1) is 0 Å². The first-order chi connectivity index (χ1) is 13.0. The normalized spacial score (nSPS) is 19.5. The predicted molar refractivity (Wildman–Crippen MR) is 103 cm³/mol. The largest absolute Gasteiger partial charge is 0.481 e.